The van der Waals surface area contributed by atoms with E-state index < -0.39 is 5.92 Å². The number of hydrogen-bond donors (Lipinski definition) is 1. The Bertz CT molecular complexity index is 1530. The summed E-state index contributed by atoms with van der Waals surface area (Å²) in [7, 11) is 2.11. The van der Waals surface area contributed by atoms with Crippen LogP contribution in [0.2, 0.25) is 0 Å². The van der Waals surface area contributed by atoms with Crippen LogP contribution in [-0.4, -0.2) is 47.5 Å². The number of hydrogen-bond acceptors (Lipinski definition) is 4. The highest BCUT2D eigenvalue weighted by atomic mass is 16.2. The molecule has 6 heteroatoms. The van der Waals surface area contributed by atoms with E-state index in [-0.39, 0.29) is 11.8 Å². The van der Waals surface area contributed by atoms with Gasteiger partial charge < -0.3 is 10.2 Å². The van der Waals surface area contributed by atoms with Crippen molar-refractivity contribution in [2.45, 2.75) is 32.9 Å². The highest BCUT2D eigenvalue weighted by Gasteiger charge is 2.36. The lowest BCUT2D eigenvalue weighted by Gasteiger charge is -2.19. The Morgan fingerprint density at radius 3 is 2.02 bits per heavy atom. The van der Waals surface area contributed by atoms with Crippen molar-refractivity contribution in [3.8, 4) is 0 Å². The van der Waals surface area contributed by atoms with Gasteiger partial charge in [0.2, 0.25) is 5.91 Å². The van der Waals surface area contributed by atoms with Crippen LogP contribution in [0.1, 0.15) is 52.4 Å². The zero-order valence-corrected chi connectivity index (χ0v) is 23.9. The second kappa shape index (κ2) is 12.7. The van der Waals surface area contributed by atoms with E-state index in [0.29, 0.717) is 24.4 Å². The third-order valence-corrected chi connectivity index (χ3v) is 7.46. The zero-order valence-electron chi connectivity index (χ0n) is 23.9. The standard InChI is InChI=1S/C35H36N4O2/c1-4-39(5-2)35(41)28-18-21-31-30(22-28)32(34(40)37-31)33(27-14-10-7-11-15-27)36-29-19-16-26(17-20-29)24-38(3)23-25-12-8-6-9-13-25/h6-22,32H,4-5,23-24H2,1-3H3,(H,37,40). The van der Waals surface area contributed by atoms with Gasteiger partial charge in [0.25, 0.3) is 5.91 Å². The molecule has 0 bridgehead atoms. The van der Waals surface area contributed by atoms with Gasteiger partial charge in [0, 0.05) is 37.4 Å². The molecule has 1 aliphatic rings. The number of aliphatic imine (C=N–C) groups is 1. The Morgan fingerprint density at radius 1 is 0.780 bits per heavy atom. The zero-order chi connectivity index (χ0) is 28.8. The van der Waals surface area contributed by atoms with Gasteiger partial charge in [0.15, 0.2) is 0 Å². The normalized spacial score (nSPS) is 14.6. The summed E-state index contributed by atoms with van der Waals surface area (Å²) in [5, 5.41) is 3.01. The van der Waals surface area contributed by atoms with Crippen LogP contribution in [0, 0.1) is 0 Å². The van der Waals surface area contributed by atoms with E-state index in [1.54, 1.807) is 11.0 Å². The van der Waals surface area contributed by atoms with Gasteiger partial charge in [0.05, 0.1) is 11.4 Å². The molecule has 0 fully saturated rings. The Kier molecular flexibility index (Phi) is 8.70. The summed E-state index contributed by atoms with van der Waals surface area (Å²) in [5.41, 5.74) is 6.83. The SMILES string of the molecule is CCN(CC)C(=O)c1ccc2c(c1)C(C(=Nc1ccc(CN(C)Cc3ccccc3)cc1)c1ccccc1)C(=O)N2. The first-order valence-corrected chi connectivity index (χ1v) is 14.2. The molecule has 41 heavy (non-hydrogen) atoms. The molecule has 1 aliphatic heterocycles. The molecule has 0 saturated carbocycles. The second-order valence-electron chi connectivity index (χ2n) is 10.4. The third kappa shape index (κ3) is 6.44. The largest absolute Gasteiger partial charge is 0.339 e. The summed E-state index contributed by atoms with van der Waals surface area (Å²) in [5.74, 6) is -0.815. The molecule has 1 atom stereocenters. The highest BCUT2D eigenvalue weighted by Crippen LogP contribution is 2.37. The first kappa shape index (κ1) is 28.0. The quantitative estimate of drug-likeness (QED) is 0.227. The molecular formula is C35H36N4O2. The number of nitrogens with zero attached hydrogens (tertiary/aromatic N) is 3. The molecule has 0 saturated heterocycles. The predicted molar refractivity (Wildman–Crippen MR) is 166 cm³/mol. The summed E-state index contributed by atoms with van der Waals surface area (Å²) in [6.07, 6.45) is 0. The fraction of sp³-hybridized carbons (Fsp3) is 0.229. The van der Waals surface area contributed by atoms with Crippen molar-refractivity contribution < 1.29 is 9.59 Å². The minimum atomic E-state index is -0.631. The smallest absolute Gasteiger partial charge is 0.253 e. The van der Waals surface area contributed by atoms with Crippen LogP contribution in [0.25, 0.3) is 0 Å². The van der Waals surface area contributed by atoms with Crippen LogP contribution >= 0.6 is 0 Å². The van der Waals surface area contributed by atoms with E-state index in [0.717, 1.165) is 35.6 Å². The van der Waals surface area contributed by atoms with Gasteiger partial charge in [-0.25, -0.2) is 0 Å². The average Bonchev–Trinajstić information content (AvgIpc) is 3.32. The van der Waals surface area contributed by atoms with Gasteiger partial charge in [-0.2, -0.15) is 0 Å². The van der Waals surface area contributed by atoms with Crippen molar-refractivity contribution >= 4 is 28.9 Å². The molecule has 1 unspecified atom stereocenters. The van der Waals surface area contributed by atoms with E-state index in [2.05, 4.69) is 53.7 Å². The molecule has 4 aromatic carbocycles. The third-order valence-electron chi connectivity index (χ3n) is 7.46. The second-order valence-corrected chi connectivity index (χ2v) is 10.4. The van der Waals surface area contributed by atoms with Crippen molar-refractivity contribution in [3.63, 3.8) is 0 Å². The van der Waals surface area contributed by atoms with Gasteiger partial charge in [-0.05, 0) is 73.5 Å². The van der Waals surface area contributed by atoms with E-state index in [1.807, 2.05) is 74.5 Å². The number of nitrogens with one attached hydrogen (secondary N) is 1. The summed E-state index contributed by atoms with van der Waals surface area (Å²) in [6, 6.07) is 33.9. The Balaban J connectivity index is 1.45. The summed E-state index contributed by atoms with van der Waals surface area (Å²) >= 11 is 0. The number of rotatable bonds is 10. The summed E-state index contributed by atoms with van der Waals surface area (Å²) in [6.45, 7) is 6.87. The summed E-state index contributed by atoms with van der Waals surface area (Å²) in [4.78, 5) is 35.6. The van der Waals surface area contributed by atoms with E-state index in [9.17, 15) is 9.59 Å². The van der Waals surface area contributed by atoms with Crippen molar-refractivity contribution in [2.24, 2.45) is 4.99 Å². The molecular weight excluding hydrogens is 508 g/mol. The minimum Gasteiger partial charge on any atom is -0.339 e. The molecule has 0 radical (unpaired) electrons. The van der Waals surface area contributed by atoms with Crippen molar-refractivity contribution in [3.05, 3.63) is 131 Å². The lowest BCUT2D eigenvalue weighted by atomic mass is 9.89. The minimum absolute atomic E-state index is 0.0399. The first-order chi connectivity index (χ1) is 20.0. The molecule has 1 N–H and O–H groups in total. The lowest BCUT2D eigenvalue weighted by molar-refractivity contribution is -0.115. The Labute approximate surface area is 242 Å². The van der Waals surface area contributed by atoms with Crippen LogP contribution in [0.4, 0.5) is 11.4 Å². The molecule has 2 amide bonds. The molecule has 0 spiro atoms. The molecule has 5 rings (SSSR count). The Morgan fingerprint density at radius 2 is 1.39 bits per heavy atom. The number of anilines is 1. The van der Waals surface area contributed by atoms with Gasteiger partial charge in [-0.1, -0.05) is 72.8 Å². The molecule has 4 aromatic rings. The predicted octanol–water partition coefficient (Wildman–Crippen LogP) is 6.66. The van der Waals surface area contributed by atoms with E-state index >= 15 is 0 Å². The topological polar surface area (TPSA) is 65.0 Å². The number of benzene rings is 4. The van der Waals surface area contributed by atoms with E-state index in [4.69, 9.17) is 4.99 Å². The number of amides is 2. The number of carbonyl (C=O) groups excluding carboxylic acids is 2. The van der Waals surface area contributed by atoms with Crippen LogP contribution in [0.15, 0.2) is 108 Å². The van der Waals surface area contributed by atoms with Crippen LogP contribution in [-0.2, 0) is 17.9 Å². The highest BCUT2D eigenvalue weighted by molar-refractivity contribution is 6.24. The lowest BCUT2D eigenvalue weighted by Crippen LogP contribution is -2.30. The van der Waals surface area contributed by atoms with Gasteiger partial charge in [-0.3, -0.25) is 19.5 Å². The summed E-state index contributed by atoms with van der Waals surface area (Å²) < 4.78 is 0. The van der Waals surface area contributed by atoms with Crippen molar-refractivity contribution in [1.29, 1.82) is 0 Å². The fourth-order valence-corrected chi connectivity index (χ4v) is 5.34. The van der Waals surface area contributed by atoms with Gasteiger partial charge in [0.1, 0.15) is 5.92 Å². The van der Waals surface area contributed by atoms with Crippen LogP contribution in [0.5, 0.6) is 0 Å². The molecule has 0 aliphatic carbocycles. The molecule has 208 valence electrons. The maximum Gasteiger partial charge on any atom is 0.253 e. The van der Waals surface area contributed by atoms with Crippen LogP contribution < -0.4 is 5.32 Å². The average molecular weight is 545 g/mol. The first-order valence-electron chi connectivity index (χ1n) is 14.2. The number of fused-ring (bicyclic) bond motifs is 1. The maximum atomic E-state index is 13.4. The Hall–Kier alpha value is -4.55. The molecule has 0 aromatic heterocycles. The van der Waals surface area contributed by atoms with Crippen molar-refractivity contribution in [1.82, 2.24) is 9.80 Å². The fourth-order valence-electron chi connectivity index (χ4n) is 5.34. The number of carbonyl (C=O) groups is 2. The molecule has 6 nitrogen and oxygen atoms in total. The van der Waals surface area contributed by atoms with Crippen LogP contribution in [0.3, 0.4) is 0 Å². The van der Waals surface area contributed by atoms with Crippen molar-refractivity contribution in [2.75, 3.05) is 25.5 Å². The van der Waals surface area contributed by atoms with Gasteiger partial charge >= 0.3 is 0 Å². The van der Waals surface area contributed by atoms with Gasteiger partial charge in [-0.15, -0.1) is 0 Å². The maximum absolute atomic E-state index is 13.4. The molecule has 1 heterocycles. The monoisotopic (exact) mass is 544 g/mol. The van der Waals surface area contributed by atoms with E-state index in [1.165, 1.54) is 11.1 Å².